The molecule has 5 rings (SSSR count). The quantitative estimate of drug-likeness (QED) is 0.297. The number of methoxy groups -OCH3 is 1. The lowest BCUT2D eigenvalue weighted by atomic mass is 9.53. The number of anilines is 1. The molecule has 4 atom stereocenters. The first-order chi connectivity index (χ1) is 19.4. The Morgan fingerprint density at radius 1 is 1.17 bits per heavy atom. The van der Waals surface area contributed by atoms with Crippen molar-refractivity contribution < 1.29 is 31.5 Å². The molecule has 3 aliphatic rings. The van der Waals surface area contributed by atoms with Crippen molar-refractivity contribution in [3.63, 3.8) is 0 Å². The Balaban J connectivity index is 1.50. The number of hydrogen-bond donors (Lipinski definition) is 2. The molecule has 3 N–H and O–H groups in total. The lowest BCUT2D eigenvalue weighted by molar-refractivity contribution is -0.196. The molecule has 0 bridgehead atoms. The lowest BCUT2D eigenvalue weighted by Gasteiger charge is -2.51. The average Bonchev–Trinajstić information content (AvgIpc) is 2.93. The summed E-state index contributed by atoms with van der Waals surface area (Å²) in [6, 6.07) is 9.47. The number of alkyl halides is 3. The molecule has 0 aromatic heterocycles. The first kappa shape index (κ1) is 28.6. The van der Waals surface area contributed by atoms with Crippen molar-refractivity contribution in [1.82, 2.24) is 0 Å². The molecular weight excluding hydrogens is 541 g/mol. The minimum atomic E-state index is -4.60. The van der Waals surface area contributed by atoms with Crippen molar-refractivity contribution in [2.45, 2.75) is 38.8 Å². The summed E-state index contributed by atoms with van der Waals surface area (Å²) < 4.78 is 75.4. The summed E-state index contributed by atoms with van der Waals surface area (Å²) in [6.07, 6.45) is 1.24. The topological polar surface area (TPSA) is 76.7 Å². The molecular formula is C31H30F5N3O2. The van der Waals surface area contributed by atoms with Crippen molar-refractivity contribution in [3.8, 4) is 5.75 Å². The van der Waals surface area contributed by atoms with Crippen molar-refractivity contribution in [2.75, 3.05) is 12.4 Å². The van der Waals surface area contributed by atoms with E-state index in [0.29, 0.717) is 36.2 Å². The summed E-state index contributed by atoms with van der Waals surface area (Å²) in [5.74, 6) is -5.89. The van der Waals surface area contributed by atoms with Crippen LogP contribution in [0.15, 0.2) is 82.5 Å². The zero-order valence-electron chi connectivity index (χ0n) is 22.6. The summed E-state index contributed by atoms with van der Waals surface area (Å²) in [7, 11) is 1.29. The Bertz CT molecular complexity index is 1480. The maximum Gasteiger partial charge on any atom is 0.392 e. The van der Waals surface area contributed by atoms with Gasteiger partial charge in [0.1, 0.15) is 5.82 Å². The Morgan fingerprint density at radius 3 is 2.54 bits per heavy atom. The summed E-state index contributed by atoms with van der Waals surface area (Å²) >= 11 is 0. The molecule has 3 aliphatic carbocycles. The van der Waals surface area contributed by atoms with Crippen LogP contribution in [0.1, 0.15) is 32.6 Å². The minimum absolute atomic E-state index is 0.0398. The van der Waals surface area contributed by atoms with E-state index in [-0.39, 0.29) is 23.7 Å². The smallest absolute Gasteiger partial charge is 0.392 e. The van der Waals surface area contributed by atoms with Crippen LogP contribution in [0, 0.1) is 34.8 Å². The number of hydrogen-bond acceptors (Lipinski definition) is 4. The number of nitrogens with one attached hydrogen (secondary N) is 1. The second kappa shape index (κ2) is 10.8. The van der Waals surface area contributed by atoms with E-state index in [1.807, 2.05) is 13.0 Å². The number of amides is 1. The maximum atomic E-state index is 14.3. The van der Waals surface area contributed by atoms with Crippen LogP contribution >= 0.6 is 0 Å². The highest BCUT2D eigenvalue weighted by Crippen LogP contribution is 2.59. The van der Waals surface area contributed by atoms with E-state index in [1.165, 1.54) is 37.6 Å². The van der Waals surface area contributed by atoms with E-state index in [9.17, 15) is 26.7 Å². The number of fused-ring (bicyclic) bond motifs is 3. The molecule has 0 aliphatic heterocycles. The molecule has 0 unspecified atom stereocenters. The number of nitrogens with zero attached hydrogens (tertiary/aromatic N) is 1. The molecule has 0 saturated heterocycles. The second-order valence-corrected chi connectivity index (χ2v) is 10.9. The first-order valence-corrected chi connectivity index (χ1v) is 13.3. The monoisotopic (exact) mass is 571 g/mol. The number of halogens is 5. The van der Waals surface area contributed by atoms with Gasteiger partial charge in [0.15, 0.2) is 11.6 Å². The van der Waals surface area contributed by atoms with Gasteiger partial charge in [-0.15, -0.1) is 0 Å². The zero-order chi connectivity index (χ0) is 29.5. The van der Waals surface area contributed by atoms with Gasteiger partial charge in [0.2, 0.25) is 5.91 Å². The Labute approximate surface area is 234 Å². The summed E-state index contributed by atoms with van der Waals surface area (Å²) in [4.78, 5) is 18.2. The second-order valence-electron chi connectivity index (χ2n) is 10.9. The van der Waals surface area contributed by atoms with E-state index >= 15 is 0 Å². The zero-order valence-corrected chi connectivity index (χ0v) is 22.6. The van der Waals surface area contributed by atoms with Gasteiger partial charge in [-0.2, -0.15) is 13.2 Å². The largest absolute Gasteiger partial charge is 0.494 e. The van der Waals surface area contributed by atoms with Crippen LogP contribution in [0.2, 0.25) is 0 Å². The fourth-order valence-corrected chi connectivity index (χ4v) is 6.52. The van der Waals surface area contributed by atoms with Crippen LogP contribution in [0.4, 0.5) is 33.3 Å². The van der Waals surface area contributed by atoms with Crippen LogP contribution in [-0.2, 0) is 4.79 Å². The predicted octanol–water partition coefficient (Wildman–Crippen LogP) is 7.40. The molecule has 41 heavy (non-hydrogen) atoms. The summed E-state index contributed by atoms with van der Waals surface area (Å²) in [5, 5.41) is 2.53. The Kier molecular flexibility index (Phi) is 7.52. The molecule has 0 spiro atoms. The predicted molar refractivity (Wildman–Crippen MR) is 147 cm³/mol. The van der Waals surface area contributed by atoms with Gasteiger partial charge in [0.05, 0.1) is 30.3 Å². The van der Waals surface area contributed by atoms with Gasteiger partial charge in [-0.05, 0) is 85.8 Å². The van der Waals surface area contributed by atoms with Crippen LogP contribution in [0.3, 0.4) is 0 Å². The van der Waals surface area contributed by atoms with Gasteiger partial charge in [-0.25, -0.2) is 13.8 Å². The number of carbonyl (C=O) groups is 1. The third-order valence-corrected chi connectivity index (χ3v) is 8.53. The molecule has 1 saturated carbocycles. The minimum Gasteiger partial charge on any atom is -0.494 e. The number of aliphatic imine (C=N–C) groups is 1. The number of carbonyl (C=O) groups excluding carboxylic acids is 1. The average molecular weight is 572 g/mol. The summed E-state index contributed by atoms with van der Waals surface area (Å²) in [5.41, 5.74) is 9.03. The molecule has 216 valence electrons. The van der Waals surface area contributed by atoms with Gasteiger partial charge in [-0.1, -0.05) is 24.1 Å². The van der Waals surface area contributed by atoms with E-state index < -0.39 is 41.1 Å². The van der Waals surface area contributed by atoms with E-state index in [1.54, 1.807) is 18.2 Å². The van der Waals surface area contributed by atoms with Crippen molar-refractivity contribution in [1.29, 1.82) is 0 Å². The normalized spacial score (nSPS) is 27.9. The van der Waals surface area contributed by atoms with Gasteiger partial charge in [0.25, 0.3) is 0 Å². The van der Waals surface area contributed by atoms with Crippen molar-refractivity contribution in [2.24, 2.45) is 33.9 Å². The first-order valence-electron chi connectivity index (χ1n) is 13.3. The SMILES string of the molecule is COc1ccc(NC(=O)[C@H]2[C@H](C(F)(F)F)CC=C3[C@@H]2CCC2=CC(=Nc4ccc(F)cc4)C(=CN)C[C@@]23C)cc1F. The Hall–Kier alpha value is -3.95. The van der Waals surface area contributed by atoms with Crippen LogP contribution in [0.5, 0.6) is 5.75 Å². The lowest BCUT2D eigenvalue weighted by Crippen LogP contribution is -2.49. The number of nitrogens with two attached hydrogens (primary N) is 1. The van der Waals surface area contributed by atoms with Gasteiger partial charge >= 0.3 is 6.18 Å². The highest BCUT2D eigenvalue weighted by atomic mass is 19.4. The highest BCUT2D eigenvalue weighted by Gasteiger charge is 2.56. The molecule has 10 heteroatoms. The maximum absolute atomic E-state index is 14.3. The van der Waals surface area contributed by atoms with E-state index in [4.69, 9.17) is 10.5 Å². The van der Waals surface area contributed by atoms with E-state index in [2.05, 4.69) is 10.3 Å². The highest BCUT2D eigenvalue weighted by molar-refractivity contribution is 6.11. The molecule has 0 radical (unpaired) electrons. The van der Waals surface area contributed by atoms with Crippen molar-refractivity contribution >= 4 is 23.0 Å². The van der Waals surface area contributed by atoms with Gasteiger partial charge < -0.3 is 15.8 Å². The summed E-state index contributed by atoms with van der Waals surface area (Å²) in [6.45, 7) is 1.97. The molecule has 2 aromatic carbocycles. The van der Waals surface area contributed by atoms with Crippen molar-refractivity contribution in [3.05, 3.63) is 89.2 Å². The molecule has 2 aromatic rings. The number of allylic oxidation sites excluding steroid dienone is 5. The molecule has 1 amide bonds. The third-order valence-electron chi connectivity index (χ3n) is 8.53. The number of ether oxygens (including phenoxy) is 1. The van der Waals surface area contributed by atoms with Crippen LogP contribution < -0.4 is 15.8 Å². The third kappa shape index (κ3) is 5.39. The molecule has 0 heterocycles. The van der Waals surface area contributed by atoms with Crippen LogP contribution in [0.25, 0.3) is 0 Å². The van der Waals surface area contributed by atoms with Gasteiger partial charge in [-0.3, -0.25) is 4.79 Å². The van der Waals surface area contributed by atoms with E-state index in [0.717, 1.165) is 17.2 Å². The fourth-order valence-electron chi connectivity index (χ4n) is 6.52. The fraction of sp³-hybridized carbons (Fsp3) is 0.355. The number of benzene rings is 2. The number of rotatable bonds is 4. The molecule has 5 nitrogen and oxygen atoms in total. The Morgan fingerprint density at radius 2 is 1.90 bits per heavy atom. The van der Waals surface area contributed by atoms with Gasteiger partial charge in [0, 0.05) is 17.2 Å². The van der Waals surface area contributed by atoms with Crippen LogP contribution in [-0.4, -0.2) is 24.9 Å². The molecule has 1 fully saturated rings. The standard InChI is InChI=1S/C31H30F5N3O2/c1-30-15-17(16-37)26(38-20-6-4-19(32)5-7-20)13-18(30)3-9-22-23(30)10-11-24(31(34,35)36)28(22)29(40)39-21-8-12-27(41-2)25(33)14-21/h4-8,10,12-14,16,22,24,28H,3,9,11,15,37H2,1-2H3,(H,39,40)/t22-,24+,28+,30-/m0/s1.